The molecule has 4 rings (SSSR count). The van der Waals surface area contributed by atoms with Crippen LogP contribution in [0.5, 0.6) is 0 Å². The van der Waals surface area contributed by atoms with Crippen LogP contribution in [0.3, 0.4) is 0 Å². The number of aryl methyl sites for hydroxylation is 1. The molecule has 7 heteroatoms. The van der Waals surface area contributed by atoms with Crippen LogP contribution in [0.25, 0.3) is 10.6 Å². The molecule has 1 amide bonds. The molecular weight excluding hydrogens is 363 g/mol. The number of hydrogen-bond acceptors (Lipinski definition) is 5. The Bertz CT molecular complexity index is 964. The van der Waals surface area contributed by atoms with E-state index in [1.807, 2.05) is 12.1 Å². The van der Waals surface area contributed by atoms with Crippen molar-refractivity contribution >= 4 is 28.7 Å². The van der Waals surface area contributed by atoms with E-state index in [1.54, 1.807) is 30.6 Å². The predicted octanol–water partition coefficient (Wildman–Crippen LogP) is 4.51. The van der Waals surface area contributed by atoms with Crippen molar-refractivity contribution in [3.05, 3.63) is 59.0 Å². The minimum absolute atomic E-state index is 0.150. The Morgan fingerprint density at radius 2 is 2.04 bits per heavy atom. The van der Waals surface area contributed by atoms with E-state index in [9.17, 15) is 9.18 Å². The van der Waals surface area contributed by atoms with Gasteiger partial charge >= 0.3 is 0 Å². The number of rotatable bonds is 4. The summed E-state index contributed by atoms with van der Waals surface area (Å²) in [6, 6.07) is 8.65. The van der Waals surface area contributed by atoms with E-state index in [-0.39, 0.29) is 11.4 Å². The molecule has 1 aliphatic rings. The molecule has 3 aromatic rings. The van der Waals surface area contributed by atoms with Crippen molar-refractivity contribution < 1.29 is 9.18 Å². The Morgan fingerprint density at radius 3 is 2.74 bits per heavy atom. The highest BCUT2D eigenvalue weighted by atomic mass is 32.1. The van der Waals surface area contributed by atoms with E-state index in [0.717, 1.165) is 30.0 Å². The average Bonchev–Trinajstić information content (AvgIpc) is 3.36. The number of thiazole rings is 1. The molecule has 0 spiro atoms. The summed E-state index contributed by atoms with van der Waals surface area (Å²) in [5, 5.41) is 4.96. The van der Waals surface area contributed by atoms with Gasteiger partial charge in [-0.05, 0) is 49.6 Å². The fourth-order valence-electron chi connectivity index (χ4n) is 3.06. The zero-order valence-corrected chi connectivity index (χ0v) is 15.7. The van der Waals surface area contributed by atoms with Crippen LogP contribution in [0, 0.1) is 12.7 Å². The lowest BCUT2D eigenvalue weighted by Crippen LogP contribution is -2.18. The molecule has 138 valence electrons. The van der Waals surface area contributed by atoms with Crippen molar-refractivity contribution in [1.82, 2.24) is 9.97 Å². The monoisotopic (exact) mass is 382 g/mol. The van der Waals surface area contributed by atoms with Crippen molar-refractivity contribution in [2.24, 2.45) is 0 Å². The van der Waals surface area contributed by atoms with Gasteiger partial charge in [0.2, 0.25) is 0 Å². The highest BCUT2D eigenvalue weighted by Crippen LogP contribution is 2.26. The van der Waals surface area contributed by atoms with Crippen LogP contribution in [-0.2, 0) is 0 Å². The number of nitrogens with one attached hydrogen (secondary N) is 1. The number of carbonyl (C=O) groups is 1. The summed E-state index contributed by atoms with van der Waals surface area (Å²) >= 11 is 1.37. The first-order valence-electron chi connectivity index (χ1n) is 8.84. The normalized spacial score (nSPS) is 13.8. The van der Waals surface area contributed by atoms with E-state index in [2.05, 4.69) is 20.2 Å². The Balaban J connectivity index is 1.48. The topological polar surface area (TPSA) is 58.1 Å². The number of pyridine rings is 1. The third-order valence-corrected chi connectivity index (χ3v) is 5.43. The molecule has 0 bridgehead atoms. The predicted molar refractivity (Wildman–Crippen MR) is 106 cm³/mol. The van der Waals surface area contributed by atoms with Crippen LogP contribution in [0.4, 0.5) is 15.9 Å². The first-order valence-corrected chi connectivity index (χ1v) is 9.72. The van der Waals surface area contributed by atoms with Crippen molar-refractivity contribution in [3.8, 4) is 10.6 Å². The molecule has 1 aromatic carbocycles. The maximum Gasteiger partial charge on any atom is 0.275 e. The Hall–Kier alpha value is -2.80. The Kier molecular flexibility index (Phi) is 4.85. The van der Waals surface area contributed by atoms with Crippen LogP contribution in [-0.4, -0.2) is 29.0 Å². The number of hydrogen-bond donors (Lipinski definition) is 1. The highest BCUT2D eigenvalue weighted by molar-refractivity contribution is 7.13. The van der Waals surface area contributed by atoms with E-state index in [1.165, 1.54) is 30.2 Å². The van der Waals surface area contributed by atoms with Crippen molar-refractivity contribution in [2.45, 2.75) is 19.8 Å². The van der Waals surface area contributed by atoms with Gasteiger partial charge in [-0.1, -0.05) is 6.07 Å². The van der Waals surface area contributed by atoms with Crippen LogP contribution < -0.4 is 10.2 Å². The fourth-order valence-corrected chi connectivity index (χ4v) is 3.86. The summed E-state index contributed by atoms with van der Waals surface area (Å²) in [6.07, 6.45) is 4.19. The molecule has 0 atom stereocenters. The second-order valence-electron chi connectivity index (χ2n) is 6.57. The molecule has 5 nitrogen and oxygen atoms in total. The van der Waals surface area contributed by atoms with Crippen LogP contribution in [0.1, 0.15) is 28.9 Å². The van der Waals surface area contributed by atoms with Gasteiger partial charge in [-0.3, -0.25) is 4.79 Å². The van der Waals surface area contributed by atoms with Gasteiger partial charge in [0.15, 0.2) is 0 Å². The van der Waals surface area contributed by atoms with Crippen LogP contribution in [0.2, 0.25) is 0 Å². The van der Waals surface area contributed by atoms with Crippen molar-refractivity contribution in [3.63, 3.8) is 0 Å². The van der Waals surface area contributed by atoms with Gasteiger partial charge < -0.3 is 10.2 Å². The third-order valence-electron chi connectivity index (χ3n) is 4.53. The highest BCUT2D eigenvalue weighted by Gasteiger charge is 2.16. The van der Waals surface area contributed by atoms with Crippen LogP contribution >= 0.6 is 11.3 Å². The van der Waals surface area contributed by atoms with Gasteiger partial charge in [-0.2, -0.15) is 0 Å². The maximum atomic E-state index is 13.9. The van der Waals surface area contributed by atoms with E-state index in [4.69, 9.17) is 0 Å². The largest absolute Gasteiger partial charge is 0.357 e. The molecule has 0 radical (unpaired) electrons. The molecule has 1 fully saturated rings. The zero-order chi connectivity index (χ0) is 18.8. The van der Waals surface area contributed by atoms with E-state index < -0.39 is 11.7 Å². The quantitative estimate of drug-likeness (QED) is 0.722. The van der Waals surface area contributed by atoms with Crippen LogP contribution in [0.15, 0.2) is 41.9 Å². The first-order chi connectivity index (χ1) is 13.1. The van der Waals surface area contributed by atoms with E-state index >= 15 is 0 Å². The van der Waals surface area contributed by atoms with Gasteiger partial charge in [0.25, 0.3) is 5.91 Å². The second-order valence-corrected chi connectivity index (χ2v) is 7.43. The molecule has 0 aliphatic carbocycles. The number of halogens is 1. The summed E-state index contributed by atoms with van der Waals surface area (Å²) in [5.74, 6) is 0.0861. The molecule has 27 heavy (non-hydrogen) atoms. The summed E-state index contributed by atoms with van der Waals surface area (Å²) in [5.41, 5.74) is 2.07. The van der Waals surface area contributed by atoms with Gasteiger partial charge in [0.05, 0.1) is 5.69 Å². The first kappa shape index (κ1) is 17.6. The standard InChI is InChI=1S/C20H19FN4OS/c1-13-4-6-16(15(21)10-13)23-19(26)17-12-27-20(24-17)14-5-7-18(22-11-14)25-8-2-3-9-25/h4-7,10-12H,2-3,8-9H2,1H3,(H,23,26). The Labute approximate surface area is 160 Å². The molecule has 1 aliphatic heterocycles. The molecular formula is C20H19FN4OS. The summed E-state index contributed by atoms with van der Waals surface area (Å²) in [7, 11) is 0. The number of amides is 1. The molecule has 1 saturated heterocycles. The van der Waals surface area contributed by atoms with Crippen molar-refractivity contribution in [1.29, 1.82) is 0 Å². The second kappa shape index (κ2) is 7.44. The molecule has 1 N–H and O–H groups in total. The number of anilines is 2. The average molecular weight is 382 g/mol. The number of carbonyl (C=O) groups excluding carboxylic acids is 1. The van der Waals surface area contributed by atoms with Crippen molar-refractivity contribution in [2.75, 3.05) is 23.3 Å². The van der Waals surface area contributed by atoms with Gasteiger partial charge in [0.1, 0.15) is 22.3 Å². The minimum atomic E-state index is -0.458. The Morgan fingerprint density at radius 1 is 1.22 bits per heavy atom. The SMILES string of the molecule is Cc1ccc(NC(=O)c2csc(-c3ccc(N4CCCC4)nc3)n2)c(F)c1. The van der Waals surface area contributed by atoms with E-state index in [0.29, 0.717) is 5.01 Å². The number of benzene rings is 1. The number of nitrogens with zero attached hydrogens (tertiary/aromatic N) is 3. The smallest absolute Gasteiger partial charge is 0.275 e. The fraction of sp³-hybridized carbons (Fsp3) is 0.250. The lowest BCUT2D eigenvalue weighted by atomic mass is 10.2. The summed E-state index contributed by atoms with van der Waals surface area (Å²) in [6.45, 7) is 3.89. The van der Waals surface area contributed by atoms with Gasteiger partial charge in [-0.15, -0.1) is 11.3 Å². The minimum Gasteiger partial charge on any atom is -0.357 e. The van der Waals surface area contributed by atoms with Gasteiger partial charge in [-0.25, -0.2) is 14.4 Å². The summed E-state index contributed by atoms with van der Waals surface area (Å²) in [4.78, 5) is 23.5. The summed E-state index contributed by atoms with van der Waals surface area (Å²) < 4.78 is 13.9. The maximum absolute atomic E-state index is 13.9. The molecule has 3 heterocycles. The zero-order valence-electron chi connectivity index (χ0n) is 14.9. The lowest BCUT2D eigenvalue weighted by Gasteiger charge is -2.15. The third kappa shape index (κ3) is 3.83. The molecule has 0 unspecified atom stereocenters. The molecule has 2 aromatic heterocycles. The molecule has 0 saturated carbocycles. The number of aromatic nitrogens is 2. The lowest BCUT2D eigenvalue weighted by molar-refractivity contribution is 0.102. The van der Waals surface area contributed by atoms with Gasteiger partial charge in [0, 0.05) is 30.2 Å².